The van der Waals surface area contributed by atoms with Gasteiger partial charge in [-0.05, 0) is 26.9 Å². The summed E-state index contributed by atoms with van der Waals surface area (Å²) < 4.78 is 0. The van der Waals surface area contributed by atoms with Crippen LogP contribution in [0.4, 0.5) is 0 Å². The van der Waals surface area contributed by atoms with Crippen LogP contribution in [-0.4, -0.2) is 73.8 Å². The van der Waals surface area contributed by atoms with Gasteiger partial charge >= 0.3 is 0 Å². The normalized spacial score (nSPS) is 10.5. The lowest BCUT2D eigenvalue weighted by Gasteiger charge is -2.24. The van der Waals surface area contributed by atoms with Gasteiger partial charge in [-0.1, -0.05) is 6.92 Å². The Hall–Kier alpha value is -1.10. The highest BCUT2D eigenvalue weighted by molar-refractivity contribution is 5.85. The molecule has 0 fully saturated rings. The van der Waals surface area contributed by atoms with E-state index in [0.29, 0.717) is 13.1 Å². The summed E-state index contributed by atoms with van der Waals surface area (Å²) in [7, 11) is 5.32. The van der Waals surface area contributed by atoms with Crippen molar-refractivity contribution in [2.75, 3.05) is 47.3 Å². The lowest BCUT2D eigenvalue weighted by molar-refractivity contribution is -0.139. The van der Waals surface area contributed by atoms with E-state index in [-0.39, 0.29) is 18.4 Å². The van der Waals surface area contributed by atoms with Crippen molar-refractivity contribution in [2.45, 2.75) is 20.3 Å². The van der Waals surface area contributed by atoms with Crippen molar-refractivity contribution < 1.29 is 9.59 Å². The molecule has 0 radical (unpaired) electrons. The second-order valence-corrected chi connectivity index (χ2v) is 4.43. The number of carbonyl (C=O) groups is 2. The molecule has 5 heteroatoms. The first-order chi connectivity index (χ1) is 7.92. The van der Waals surface area contributed by atoms with E-state index in [4.69, 9.17) is 0 Å². The summed E-state index contributed by atoms with van der Waals surface area (Å²) in [6, 6.07) is 0. The molecule has 0 saturated heterocycles. The van der Waals surface area contributed by atoms with Crippen LogP contribution in [0.15, 0.2) is 0 Å². The number of nitrogens with zero attached hydrogens (tertiary/aromatic N) is 3. The molecule has 17 heavy (non-hydrogen) atoms. The number of amides is 2. The Morgan fingerprint density at radius 2 is 1.53 bits per heavy atom. The van der Waals surface area contributed by atoms with Crippen LogP contribution in [0, 0.1) is 0 Å². The van der Waals surface area contributed by atoms with Crippen LogP contribution in [0.1, 0.15) is 20.3 Å². The molecule has 0 unspecified atom stereocenters. The molecule has 0 aliphatic heterocycles. The standard InChI is InChI=1S/C12H25N3O2/c1-6-8-14(5)9-12(17)15(7-2)10-11(16)13(3)4/h6-10H2,1-5H3. The van der Waals surface area contributed by atoms with Gasteiger partial charge in [0.1, 0.15) is 0 Å². The lowest BCUT2D eigenvalue weighted by Crippen LogP contribution is -2.44. The number of rotatable bonds is 7. The summed E-state index contributed by atoms with van der Waals surface area (Å²) in [6.07, 6.45) is 1.02. The molecule has 0 bridgehead atoms. The molecular weight excluding hydrogens is 218 g/mol. The lowest BCUT2D eigenvalue weighted by atomic mass is 10.3. The third-order valence-corrected chi connectivity index (χ3v) is 2.57. The molecule has 5 nitrogen and oxygen atoms in total. The van der Waals surface area contributed by atoms with Crippen LogP contribution in [-0.2, 0) is 9.59 Å². The smallest absolute Gasteiger partial charge is 0.241 e. The van der Waals surface area contributed by atoms with Crippen LogP contribution < -0.4 is 0 Å². The van der Waals surface area contributed by atoms with Crippen LogP contribution >= 0.6 is 0 Å². The van der Waals surface area contributed by atoms with Gasteiger partial charge in [0.2, 0.25) is 11.8 Å². The molecule has 0 spiro atoms. The molecule has 0 aromatic carbocycles. The predicted molar refractivity (Wildman–Crippen MR) is 68.7 cm³/mol. The molecule has 0 N–H and O–H groups in total. The maximum Gasteiger partial charge on any atom is 0.241 e. The quantitative estimate of drug-likeness (QED) is 0.644. The Labute approximate surface area is 104 Å². The van der Waals surface area contributed by atoms with E-state index in [2.05, 4.69) is 6.92 Å². The average molecular weight is 243 g/mol. The number of hydrogen-bond acceptors (Lipinski definition) is 3. The van der Waals surface area contributed by atoms with E-state index < -0.39 is 0 Å². The molecule has 0 aromatic rings. The monoisotopic (exact) mass is 243 g/mol. The zero-order valence-corrected chi connectivity index (χ0v) is 11.7. The molecule has 0 rings (SSSR count). The molecule has 0 saturated carbocycles. The minimum absolute atomic E-state index is 0.0126. The highest BCUT2D eigenvalue weighted by Gasteiger charge is 2.17. The van der Waals surface area contributed by atoms with Gasteiger partial charge in [0, 0.05) is 20.6 Å². The van der Waals surface area contributed by atoms with Gasteiger partial charge in [-0.15, -0.1) is 0 Å². The second-order valence-electron chi connectivity index (χ2n) is 4.43. The SMILES string of the molecule is CCCN(C)CC(=O)N(CC)CC(=O)N(C)C. The largest absolute Gasteiger partial charge is 0.347 e. The first-order valence-corrected chi connectivity index (χ1v) is 6.08. The molecule has 0 aliphatic rings. The number of carbonyl (C=O) groups excluding carboxylic acids is 2. The van der Waals surface area contributed by atoms with Gasteiger partial charge in [-0.3, -0.25) is 14.5 Å². The minimum Gasteiger partial charge on any atom is -0.347 e. The third kappa shape index (κ3) is 6.26. The van der Waals surface area contributed by atoms with Gasteiger partial charge < -0.3 is 9.80 Å². The van der Waals surface area contributed by atoms with Crippen LogP contribution in [0.5, 0.6) is 0 Å². The van der Waals surface area contributed by atoms with Crippen LogP contribution in [0.3, 0.4) is 0 Å². The highest BCUT2D eigenvalue weighted by atomic mass is 16.2. The summed E-state index contributed by atoms with van der Waals surface area (Å²) in [6.45, 7) is 5.97. The molecule has 100 valence electrons. The molecule has 0 aromatic heterocycles. The second kappa shape index (κ2) is 8.06. The van der Waals surface area contributed by atoms with Crippen molar-refractivity contribution in [3.63, 3.8) is 0 Å². The summed E-state index contributed by atoms with van der Waals surface area (Å²) in [5, 5.41) is 0. The molecular formula is C12H25N3O2. The van der Waals surface area contributed by atoms with E-state index in [0.717, 1.165) is 13.0 Å². The maximum atomic E-state index is 11.9. The zero-order valence-electron chi connectivity index (χ0n) is 11.7. The Balaban J connectivity index is 4.26. The topological polar surface area (TPSA) is 43.9 Å². The van der Waals surface area contributed by atoms with Crippen molar-refractivity contribution in [1.29, 1.82) is 0 Å². The van der Waals surface area contributed by atoms with E-state index in [1.165, 1.54) is 4.90 Å². The third-order valence-electron chi connectivity index (χ3n) is 2.57. The Bertz CT molecular complexity index is 254. The fraction of sp³-hybridized carbons (Fsp3) is 0.833. The van der Waals surface area contributed by atoms with Gasteiger partial charge in [0.05, 0.1) is 13.1 Å². The van der Waals surface area contributed by atoms with Crippen molar-refractivity contribution in [2.24, 2.45) is 0 Å². The van der Waals surface area contributed by atoms with Gasteiger partial charge in [0.25, 0.3) is 0 Å². The van der Waals surface area contributed by atoms with E-state index in [1.807, 2.05) is 18.9 Å². The molecule has 0 atom stereocenters. The van der Waals surface area contributed by atoms with E-state index in [9.17, 15) is 9.59 Å². The Morgan fingerprint density at radius 1 is 0.941 bits per heavy atom. The van der Waals surface area contributed by atoms with Crippen molar-refractivity contribution in [3.8, 4) is 0 Å². The first kappa shape index (κ1) is 15.9. The van der Waals surface area contributed by atoms with Gasteiger partial charge in [0.15, 0.2) is 0 Å². The fourth-order valence-corrected chi connectivity index (χ4v) is 1.47. The predicted octanol–water partition coefficient (Wildman–Crippen LogP) is 0.265. The Morgan fingerprint density at radius 3 is 1.94 bits per heavy atom. The van der Waals surface area contributed by atoms with E-state index >= 15 is 0 Å². The number of hydrogen-bond donors (Lipinski definition) is 0. The molecule has 0 heterocycles. The maximum absolute atomic E-state index is 11.9. The van der Waals surface area contributed by atoms with Crippen molar-refractivity contribution in [1.82, 2.24) is 14.7 Å². The Kier molecular flexibility index (Phi) is 7.54. The van der Waals surface area contributed by atoms with Crippen LogP contribution in [0.25, 0.3) is 0 Å². The summed E-state index contributed by atoms with van der Waals surface area (Å²) in [4.78, 5) is 28.6. The summed E-state index contributed by atoms with van der Waals surface area (Å²) in [5.41, 5.74) is 0. The molecule has 2 amide bonds. The fourth-order valence-electron chi connectivity index (χ4n) is 1.47. The highest BCUT2D eigenvalue weighted by Crippen LogP contribution is 1.95. The van der Waals surface area contributed by atoms with Gasteiger partial charge in [-0.25, -0.2) is 0 Å². The minimum atomic E-state index is -0.0432. The molecule has 0 aliphatic carbocycles. The van der Waals surface area contributed by atoms with Crippen molar-refractivity contribution >= 4 is 11.8 Å². The average Bonchev–Trinajstić information content (AvgIpc) is 2.25. The summed E-state index contributed by atoms with van der Waals surface area (Å²) >= 11 is 0. The van der Waals surface area contributed by atoms with E-state index in [1.54, 1.807) is 19.0 Å². The number of likely N-dealkylation sites (N-methyl/N-ethyl adjacent to an activating group) is 3. The van der Waals surface area contributed by atoms with Crippen molar-refractivity contribution in [3.05, 3.63) is 0 Å². The van der Waals surface area contributed by atoms with Gasteiger partial charge in [-0.2, -0.15) is 0 Å². The van der Waals surface area contributed by atoms with Crippen LogP contribution in [0.2, 0.25) is 0 Å². The zero-order chi connectivity index (χ0) is 13.4. The summed E-state index contributed by atoms with van der Waals surface area (Å²) in [5.74, 6) is -0.0306. The first-order valence-electron chi connectivity index (χ1n) is 6.08.